The zero-order valence-corrected chi connectivity index (χ0v) is 27.8. The Morgan fingerprint density at radius 2 is 1.71 bits per heavy atom. The average Bonchev–Trinajstić information content (AvgIpc) is 2.99. The van der Waals surface area contributed by atoms with Gasteiger partial charge in [0.1, 0.15) is 17.6 Å². The number of nitrogens with two attached hydrogens (primary N) is 1. The predicted molar refractivity (Wildman–Crippen MR) is 176 cm³/mol. The third-order valence-corrected chi connectivity index (χ3v) is 8.36. The Balaban J connectivity index is 2.64. The Hall–Kier alpha value is -2.73. The Morgan fingerprint density at radius 1 is 1.07 bits per heavy atom. The Kier molecular flexibility index (Phi) is 18.9. The molecule has 1 saturated carbocycles. The summed E-state index contributed by atoms with van der Waals surface area (Å²) in [5, 5.41) is 43.2. The van der Waals surface area contributed by atoms with Crippen molar-refractivity contribution < 1.29 is 39.5 Å². The number of alkyl halides is 1. The number of carbonyl (C=O) groups excluding carboxylic acids is 3. The van der Waals surface area contributed by atoms with Gasteiger partial charge in [0.25, 0.3) is 0 Å². The lowest BCUT2D eigenvalue weighted by atomic mass is 9.85. The van der Waals surface area contributed by atoms with Crippen LogP contribution in [0, 0.1) is 11.8 Å². The first-order valence-corrected chi connectivity index (χ1v) is 15.9. The van der Waals surface area contributed by atoms with E-state index in [4.69, 9.17) is 33.7 Å². The van der Waals surface area contributed by atoms with Gasteiger partial charge in [-0.05, 0) is 50.7 Å². The number of hydrogen-bond acceptors (Lipinski definition) is 8. The number of aliphatic hydroxyl groups excluding tert-OH is 4. The van der Waals surface area contributed by atoms with Crippen LogP contribution < -0.4 is 11.1 Å². The maximum atomic E-state index is 12.6. The van der Waals surface area contributed by atoms with Crippen molar-refractivity contribution in [3.63, 3.8) is 0 Å². The van der Waals surface area contributed by atoms with Crippen molar-refractivity contribution in [1.29, 1.82) is 0 Å². The van der Waals surface area contributed by atoms with E-state index in [1.54, 1.807) is 42.5 Å². The summed E-state index contributed by atoms with van der Waals surface area (Å²) >= 11 is 12.5. The summed E-state index contributed by atoms with van der Waals surface area (Å²) < 4.78 is 4.89. The number of amides is 2. The number of primary amides is 1. The number of halogens is 2. The van der Waals surface area contributed by atoms with Gasteiger partial charge < -0.3 is 36.2 Å². The summed E-state index contributed by atoms with van der Waals surface area (Å²) in [4.78, 5) is 35.9. The Morgan fingerprint density at radius 3 is 2.36 bits per heavy atom. The van der Waals surface area contributed by atoms with Crippen LogP contribution in [0.1, 0.15) is 59.8 Å². The number of ether oxygens (including phenoxy) is 1. The van der Waals surface area contributed by atoms with Crippen LogP contribution in [0.25, 0.3) is 0 Å². The first-order valence-electron chi connectivity index (χ1n) is 15.0. The number of nitrogens with one attached hydrogen (secondary N) is 1. The molecule has 12 heteroatoms. The van der Waals surface area contributed by atoms with E-state index >= 15 is 0 Å². The van der Waals surface area contributed by atoms with Crippen molar-refractivity contribution in [1.82, 2.24) is 5.32 Å². The lowest BCUT2D eigenvalue weighted by molar-refractivity contribution is -0.136. The molecule has 0 spiro atoms. The minimum Gasteiger partial charge on any atom is -0.440 e. The molecule has 1 rings (SSSR count). The molecule has 0 bridgehead atoms. The van der Waals surface area contributed by atoms with Gasteiger partial charge in [0.05, 0.1) is 24.4 Å². The minimum atomic E-state index is -1.86. The van der Waals surface area contributed by atoms with E-state index in [9.17, 15) is 34.8 Å². The Bertz CT molecular complexity index is 1150. The molecule has 1 aliphatic carbocycles. The molecule has 0 aliphatic heterocycles. The van der Waals surface area contributed by atoms with E-state index in [0.29, 0.717) is 18.8 Å². The molecule has 2 amide bonds. The van der Waals surface area contributed by atoms with Crippen molar-refractivity contribution in [2.75, 3.05) is 0 Å². The summed E-state index contributed by atoms with van der Waals surface area (Å²) in [6.07, 6.45) is 11.0. The summed E-state index contributed by atoms with van der Waals surface area (Å²) in [6.45, 7) is 7.33. The molecule has 0 heterocycles. The first kappa shape index (κ1) is 40.3. The maximum absolute atomic E-state index is 12.6. The molecule has 1 fully saturated rings. The van der Waals surface area contributed by atoms with Crippen LogP contribution in [0.4, 0.5) is 4.79 Å². The third kappa shape index (κ3) is 15.4. The fourth-order valence-corrected chi connectivity index (χ4v) is 4.99. The third-order valence-electron chi connectivity index (χ3n) is 7.35. The fraction of sp³-hybridized carbons (Fsp3) is 0.545. The number of Topliss-reactive ketones (excluding diaryl/α,β-unsaturated/α-hetero) is 1. The smallest absolute Gasteiger partial charge is 0.405 e. The first-order chi connectivity index (χ1) is 21.2. The van der Waals surface area contributed by atoms with Crippen LogP contribution in [-0.2, 0) is 14.3 Å². The molecule has 10 nitrogen and oxygen atoms in total. The number of ketones is 1. The van der Waals surface area contributed by atoms with Gasteiger partial charge in [0, 0.05) is 23.4 Å². The van der Waals surface area contributed by atoms with E-state index in [0.717, 1.165) is 18.4 Å². The van der Waals surface area contributed by atoms with Crippen molar-refractivity contribution in [3.05, 3.63) is 71.4 Å². The summed E-state index contributed by atoms with van der Waals surface area (Å²) in [5.74, 6) is -1.49. The molecule has 0 aromatic rings. The monoisotopic (exact) mass is 670 g/mol. The standard InChI is InChI=1S/C33H48Cl2N2O8/c1-5-6-14-28(45-33(36)44)30(35)26(39)19-27(40)32(43)31(42)22(4)23(34)13-9-7-11-20(2)12-8-10-15-29(41)37-24-18-21(3)16-17-25(24)38/h6-15,21-22,24-26,28,30-32,38-39,42-43H,5,16-19H2,1-4H3,(H2,36,44)(H,37,41)/b9-7+,12-8+,14-6+,15-10+,20-11+,23-13-/t21-,22?,24?,25?,26?,28?,30?,31?,32?/m1/s1. The lowest BCUT2D eigenvalue weighted by Gasteiger charge is -2.31. The van der Waals surface area contributed by atoms with E-state index in [1.165, 1.54) is 25.2 Å². The molecular weight excluding hydrogens is 623 g/mol. The van der Waals surface area contributed by atoms with Gasteiger partial charge in [0.15, 0.2) is 5.78 Å². The van der Waals surface area contributed by atoms with Crippen molar-refractivity contribution in [3.8, 4) is 0 Å². The topological polar surface area (TPSA) is 179 Å². The highest BCUT2D eigenvalue weighted by atomic mass is 35.5. The van der Waals surface area contributed by atoms with Gasteiger partial charge in [-0.2, -0.15) is 0 Å². The van der Waals surface area contributed by atoms with Crippen molar-refractivity contribution in [2.24, 2.45) is 17.6 Å². The van der Waals surface area contributed by atoms with Gasteiger partial charge in [-0.15, -0.1) is 11.6 Å². The van der Waals surface area contributed by atoms with Crippen LogP contribution >= 0.6 is 23.2 Å². The van der Waals surface area contributed by atoms with Gasteiger partial charge in [-0.25, -0.2) is 4.79 Å². The average molecular weight is 672 g/mol. The van der Waals surface area contributed by atoms with Gasteiger partial charge in [-0.3, -0.25) is 9.59 Å². The molecule has 7 N–H and O–H groups in total. The van der Waals surface area contributed by atoms with E-state index in [-0.39, 0.29) is 17.0 Å². The summed E-state index contributed by atoms with van der Waals surface area (Å²) in [7, 11) is 0. The van der Waals surface area contributed by atoms with E-state index < -0.39 is 60.1 Å². The molecule has 0 saturated heterocycles. The fourth-order valence-electron chi connectivity index (χ4n) is 4.56. The molecular formula is C33H48Cl2N2O8. The zero-order chi connectivity index (χ0) is 34.1. The lowest BCUT2D eigenvalue weighted by Crippen LogP contribution is -2.46. The second kappa shape index (κ2) is 21.1. The molecule has 0 radical (unpaired) electrons. The maximum Gasteiger partial charge on any atom is 0.405 e. The largest absolute Gasteiger partial charge is 0.440 e. The predicted octanol–water partition coefficient (Wildman–Crippen LogP) is 4.11. The van der Waals surface area contributed by atoms with Crippen LogP contribution in [-0.4, -0.2) is 80.1 Å². The second-order valence-corrected chi connectivity index (χ2v) is 12.3. The van der Waals surface area contributed by atoms with E-state index in [2.05, 4.69) is 12.2 Å². The highest BCUT2D eigenvalue weighted by molar-refractivity contribution is 6.30. The molecule has 1 aliphatic rings. The summed E-state index contributed by atoms with van der Waals surface area (Å²) in [6, 6.07) is -0.233. The number of allylic oxidation sites excluding steroid dienone is 9. The van der Waals surface area contributed by atoms with Gasteiger partial charge >= 0.3 is 6.09 Å². The number of carbonyl (C=O) groups is 3. The highest BCUT2D eigenvalue weighted by Crippen LogP contribution is 2.25. The molecule has 252 valence electrons. The molecule has 9 atom stereocenters. The van der Waals surface area contributed by atoms with Gasteiger partial charge in [-0.1, -0.05) is 80.5 Å². The highest BCUT2D eigenvalue weighted by Gasteiger charge is 2.35. The molecule has 0 aromatic carbocycles. The minimum absolute atomic E-state index is 0.175. The van der Waals surface area contributed by atoms with Crippen LogP contribution in [0.5, 0.6) is 0 Å². The van der Waals surface area contributed by atoms with Gasteiger partial charge in [0.2, 0.25) is 5.91 Å². The SMILES string of the molecule is CC/C=C/C(OC(N)=O)C(Cl)C(O)CC(=O)C(O)C(O)C(C)/C(Cl)=C/C=C/C=C(C)/C=C/C=C/C(=O)NC1C[C@H](C)CCC1O. The zero-order valence-electron chi connectivity index (χ0n) is 26.3. The molecule has 8 unspecified atom stereocenters. The number of aliphatic hydroxyl groups is 4. The Labute approximate surface area is 276 Å². The quantitative estimate of drug-likeness (QED) is 0.0579. The van der Waals surface area contributed by atoms with Crippen LogP contribution in [0.2, 0.25) is 0 Å². The van der Waals surface area contributed by atoms with Crippen molar-refractivity contribution >= 4 is 41.0 Å². The van der Waals surface area contributed by atoms with Crippen LogP contribution in [0.3, 0.4) is 0 Å². The molecule has 0 aromatic heterocycles. The van der Waals surface area contributed by atoms with Crippen LogP contribution in [0.15, 0.2) is 71.4 Å². The molecule has 45 heavy (non-hydrogen) atoms. The van der Waals surface area contributed by atoms with E-state index in [1.807, 2.05) is 13.8 Å². The summed E-state index contributed by atoms with van der Waals surface area (Å²) in [5.41, 5.74) is 5.92. The second-order valence-electron chi connectivity index (χ2n) is 11.3. The number of rotatable bonds is 17. The normalized spacial score (nSPS) is 24.1. The van der Waals surface area contributed by atoms with Crippen molar-refractivity contribution in [2.45, 2.75) is 102 Å². The number of hydrogen-bond donors (Lipinski definition) is 6.